The molecule has 16 heteroatoms. The van der Waals surface area contributed by atoms with Crippen LogP contribution in [0.2, 0.25) is 5.02 Å². The van der Waals surface area contributed by atoms with Gasteiger partial charge in [0.2, 0.25) is 23.6 Å². The lowest BCUT2D eigenvalue weighted by Gasteiger charge is -2.32. The van der Waals surface area contributed by atoms with Crippen molar-refractivity contribution >= 4 is 41.2 Å². The summed E-state index contributed by atoms with van der Waals surface area (Å²) in [5, 5.41) is 18.9. The predicted molar refractivity (Wildman–Crippen MR) is 233 cm³/mol. The summed E-state index contributed by atoms with van der Waals surface area (Å²) in [5.41, 5.74) is 21.9. The second kappa shape index (κ2) is 22.0. The van der Waals surface area contributed by atoms with Crippen molar-refractivity contribution in [2.24, 2.45) is 17.2 Å². The lowest BCUT2D eigenvalue weighted by atomic mass is 9.93. The number of carboxylic acid groups (broad SMARTS) is 1. The van der Waals surface area contributed by atoms with E-state index >= 15 is 0 Å². The maximum atomic E-state index is 14.6. The Balaban J connectivity index is 1.53. The molecule has 0 unspecified atom stereocenters. The van der Waals surface area contributed by atoms with Crippen molar-refractivity contribution in [2.45, 2.75) is 63.2 Å². The number of ether oxygens (including phenoxy) is 2. The fraction of sp³-hybridized carbons (Fsp3) is 0.356. The molecule has 4 bridgehead atoms. The van der Waals surface area contributed by atoms with Gasteiger partial charge < -0.3 is 52.6 Å². The van der Waals surface area contributed by atoms with E-state index < -0.39 is 53.8 Å². The first-order valence-electron chi connectivity index (χ1n) is 20.2. The summed E-state index contributed by atoms with van der Waals surface area (Å²) in [4.78, 5) is 69.7. The van der Waals surface area contributed by atoms with Gasteiger partial charge in [-0.3, -0.25) is 19.2 Å². The van der Waals surface area contributed by atoms with E-state index in [4.69, 9.17) is 38.3 Å². The number of amides is 4. The number of hydrogen-bond acceptors (Lipinski definition) is 10. The molecule has 4 aromatic carbocycles. The zero-order chi connectivity index (χ0) is 44.1. The number of carbonyl (C=O) groups is 5. The van der Waals surface area contributed by atoms with E-state index in [2.05, 4.69) is 16.0 Å². The molecule has 10 N–H and O–H groups in total. The Morgan fingerprint density at radius 3 is 2.03 bits per heavy atom. The molecule has 0 saturated carbocycles. The third kappa shape index (κ3) is 12.3. The third-order valence-electron chi connectivity index (χ3n) is 10.3. The van der Waals surface area contributed by atoms with Crippen LogP contribution in [0, 0.1) is 0 Å². The minimum Gasteiger partial charge on any atom is -0.492 e. The standard InChI is InChI=1S/C45H54ClN7O8/c1-27-42(55)52-37(45(58)59)24-29-8-16-38(60-21-19-48)34(23-29)35-26-32(13-17-39(35)61-22-20-49)41(43(56)50-27)53(2)44(57)36(5-3-4-18-47)51-40(54)25-28-6-9-30(10-7-28)31-11-14-33(46)15-12-31/h6-17,23,26-27,36-37,41H,3-5,18-22,24-25,47-49H2,1-2H3,(H,50,56)(H,51,54)(H,52,55)(H,58,59)/t27-,36-,37-,41-/m0/s1. The van der Waals surface area contributed by atoms with E-state index in [0.29, 0.717) is 58.2 Å². The topological polar surface area (TPSA) is 241 Å². The number of nitrogens with zero attached hydrogens (tertiary/aromatic N) is 1. The molecule has 4 atom stereocenters. The number of benzene rings is 4. The van der Waals surface area contributed by atoms with Gasteiger partial charge in [0.05, 0.1) is 6.42 Å². The summed E-state index contributed by atoms with van der Waals surface area (Å²) < 4.78 is 12.1. The number of nitrogens with two attached hydrogens (primary N) is 3. The summed E-state index contributed by atoms with van der Waals surface area (Å²) in [7, 11) is 1.45. The highest BCUT2D eigenvalue weighted by atomic mass is 35.5. The van der Waals surface area contributed by atoms with Gasteiger partial charge in [-0.2, -0.15) is 0 Å². The Bertz CT molecular complexity index is 2170. The van der Waals surface area contributed by atoms with Gasteiger partial charge in [0.1, 0.15) is 48.9 Å². The van der Waals surface area contributed by atoms with E-state index in [9.17, 15) is 29.1 Å². The maximum absolute atomic E-state index is 14.6. The number of carbonyl (C=O) groups excluding carboxylic acids is 4. The Morgan fingerprint density at radius 2 is 1.43 bits per heavy atom. The van der Waals surface area contributed by atoms with E-state index in [0.717, 1.165) is 16.7 Å². The van der Waals surface area contributed by atoms with Crippen LogP contribution in [-0.4, -0.2) is 97.6 Å². The first-order chi connectivity index (χ1) is 29.3. The van der Waals surface area contributed by atoms with E-state index in [-0.39, 0.29) is 45.6 Å². The summed E-state index contributed by atoms with van der Waals surface area (Å²) in [6.07, 6.45) is 1.23. The summed E-state index contributed by atoms with van der Waals surface area (Å²) in [6.45, 7) is 2.50. The van der Waals surface area contributed by atoms with Gasteiger partial charge in [-0.25, -0.2) is 4.79 Å². The van der Waals surface area contributed by atoms with Crippen molar-refractivity contribution in [2.75, 3.05) is 39.9 Å². The van der Waals surface area contributed by atoms with Gasteiger partial charge >= 0.3 is 5.97 Å². The predicted octanol–water partition coefficient (Wildman–Crippen LogP) is 3.34. The molecule has 1 aliphatic rings. The Kier molecular flexibility index (Phi) is 16.6. The van der Waals surface area contributed by atoms with Crippen molar-refractivity contribution in [3.05, 3.63) is 107 Å². The number of rotatable bonds is 17. The highest BCUT2D eigenvalue weighted by Gasteiger charge is 2.36. The Hall–Kier alpha value is -6.00. The zero-order valence-electron chi connectivity index (χ0n) is 34.3. The normalized spacial score (nSPS) is 16.9. The van der Waals surface area contributed by atoms with E-state index in [1.165, 1.54) is 18.9 Å². The minimum atomic E-state index is -1.35. The molecule has 1 aliphatic heterocycles. The summed E-state index contributed by atoms with van der Waals surface area (Å²) in [5.74, 6) is -2.94. The second-order valence-electron chi connectivity index (χ2n) is 14.8. The molecule has 0 spiro atoms. The molecule has 0 aliphatic carbocycles. The number of aliphatic carboxylic acids is 1. The first-order valence-corrected chi connectivity index (χ1v) is 20.6. The van der Waals surface area contributed by atoms with Crippen molar-refractivity contribution in [3.63, 3.8) is 0 Å². The van der Waals surface area contributed by atoms with Crippen LogP contribution < -0.4 is 42.6 Å². The quantitative estimate of drug-likeness (QED) is 0.0760. The molecule has 5 rings (SSSR count). The molecule has 0 saturated heterocycles. The molecule has 4 amide bonds. The lowest BCUT2D eigenvalue weighted by molar-refractivity contribution is -0.143. The largest absolute Gasteiger partial charge is 0.492 e. The molecule has 0 fully saturated rings. The van der Waals surface area contributed by atoms with Gasteiger partial charge in [0, 0.05) is 42.7 Å². The van der Waals surface area contributed by atoms with Crippen molar-refractivity contribution in [3.8, 4) is 33.8 Å². The van der Waals surface area contributed by atoms with E-state index in [1.54, 1.807) is 48.5 Å². The SMILES string of the molecule is C[C@@H]1NC(=O)[C@@H](N(C)C(=O)[C@H](CCCCN)NC(=O)Cc2ccc(-c3ccc(Cl)cc3)cc2)c2ccc(OCCN)c(c2)-c2cc(ccc2OCCN)C[C@@H](C(=O)O)NC1=O. The molecule has 0 radical (unpaired) electrons. The van der Waals surface area contributed by atoms with Crippen LogP contribution in [-0.2, 0) is 36.8 Å². The number of fused-ring (bicyclic) bond motifs is 5. The van der Waals surface area contributed by atoms with Crippen molar-refractivity contribution < 1.29 is 38.6 Å². The average Bonchev–Trinajstić information content (AvgIpc) is 3.24. The number of hydrogen-bond donors (Lipinski definition) is 7. The molecule has 324 valence electrons. The number of carboxylic acids is 1. The number of halogens is 1. The van der Waals surface area contributed by atoms with Gasteiger partial charge in [-0.05, 0) is 96.9 Å². The molecule has 61 heavy (non-hydrogen) atoms. The van der Waals surface area contributed by atoms with Gasteiger partial charge in [0.25, 0.3) is 0 Å². The number of likely N-dealkylation sites (N-methyl/N-ethyl adjacent to an activating group) is 1. The van der Waals surface area contributed by atoms with E-state index in [1.807, 2.05) is 36.4 Å². The monoisotopic (exact) mass is 855 g/mol. The molecule has 4 aromatic rings. The van der Waals surface area contributed by atoms with Crippen LogP contribution >= 0.6 is 11.6 Å². The highest BCUT2D eigenvalue weighted by Crippen LogP contribution is 2.40. The molecular weight excluding hydrogens is 802 g/mol. The number of unbranched alkanes of at least 4 members (excludes halogenated alkanes) is 1. The van der Waals surface area contributed by atoms with Crippen LogP contribution in [0.15, 0.2) is 84.9 Å². The number of nitrogens with one attached hydrogen (secondary N) is 3. The lowest BCUT2D eigenvalue weighted by Crippen LogP contribution is -2.55. The molecule has 1 heterocycles. The van der Waals surface area contributed by atoms with Gasteiger partial charge in [0.15, 0.2) is 0 Å². The van der Waals surface area contributed by atoms with Crippen LogP contribution in [0.4, 0.5) is 0 Å². The Morgan fingerprint density at radius 1 is 0.820 bits per heavy atom. The van der Waals surface area contributed by atoms with Crippen LogP contribution in [0.3, 0.4) is 0 Å². The molecular formula is C45H54ClN7O8. The van der Waals surface area contributed by atoms with Crippen LogP contribution in [0.5, 0.6) is 11.5 Å². The zero-order valence-corrected chi connectivity index (χ0v) is 35.1. The Labute approximate surface area is 360 Å². The molecule has 15 nitrogen and oxygen atoms in total. The summed E-state index contributed by atoms with van der Waals surface area (Å²) >= 11 is 6.05. The maximum Gasteiger partial charge on any atom is 0.326 e. The van der Waals surface area contributed by atoms with Crippen LogP contribution in [0.25, 0.3) is 22.3 Å². The second-order valence-corrected chi connectivity index (χ2v) is 15.3. The first kappa shape index (κ1) is 46.1. The smallest absolute Gasteiger partial charge is 0.326 e. The minimum absolute atomic E-state index is 0.0135. The fourth-order valence-electron chi connectivity index (χ4n) is 7.08. The van der Waals surface area contributed by atoms with Gasteiger partial charge in [-0.15, -0.1) is 0 Å². The van der Waals surface area contributed by atoms with Crippen molar-refractivity contribution in [1.82, 2.24) is 20.9 Å². The average molecular weight is 856 g/mol. The highest BCUT2D eigenvalue weighted by molar-refractivity contribution is 6.30. The fourth-order valence-corrected chi connectivity index (χ4v) is 7.21. The third-order valence-corrected chi connectivity index (χ3v) is 10.5. The van der Waals surface area contributed by atoms with Crippen LogP contribution in [0.1, 0.15) is 48.9 Å². The molecule has 0 aromatic heterocycles. The van der Waals surface area contributed by atoms with Gasteiger partial charge in [-0.1, -0.05) is 60.1 Å². The van der Waals surface area contributed by atoms with Crippen molar-refractivity contribution in [1.29, 1.82) is 0 Å². The summed E-state index contributed by atoms with van der Waals surface area (Å²) in [6, 6.07) is 20.1.